The highest BCUT2D eigenvalue weighted by Crippen LogP contribution is 2.16. The van der Waals surface area contributed by atoms with Crippen LogP contribution in [0.3, 0.4) is 0 Å². The van der Waals surface area contributed by atoms with Crippen molar-refractivity contribution in [3.63, 3.8) is 0 Å². The number of methoxy groups -OCH3 is 1. The second-order valence-corrected chi connectivity index (χ2v) is 3.05. The van der Waals surface area contributed by atoms with Crippen LogP contribution in [0.2, 0.25) is 5.15 Å². The van der Waals surface area contributed by atoms with E-state index in [1.807, 2.05) is 0 Å². The van der Waals surface area contributed by atoms with E-state index in [2.05, 4.69) is 9.72 Å². The highest BCUT2D eigenvalue weighted by molar-refractivity contribution is 6.29. The highest BCUT2D eigenvalue weighted by atomic mass is 35.5. The molecule has 0 amide bonds. The normalized spacial score (nSPS) is 12.2. The number of aromatic nitrogens is 1. The summed E-state index contributed by atoms with van der Waals surface area (Å²) in [5, 5.41) is 0.417. The van der Waals surface area contributed by atoms with Gasteiger partial charge < -0.3 is 4.74 Å². The second-order valence-electron chi connectivity index (χ2n) is 2.66. The number of carbonyl (C=O) groups excluding carboxylic acids is 1. The van der Waals surface area contributed by atoms with E-state index in [1.54, 1.807) is 25.3 Å². The number of hydrogen-bond donors (Lipinski definition) is 0. The number of ether oxygens (including phenoxy) is 1. The van der Waals surface area contributed by atoms with E-state index in [-0.39, 0.29) is 11.9 Å². The summed E-state index contributed by atoms with van der Waals surface area (Å²) in [6, 6.07) is 3.41. The molecule has 3 nitrogen and oxygen atoms in total. The van der Waals surface area contributed by atoms with Crippen LogP contribution in [0.5, 0.6) is 0 Å². The summed E-state index contributed by atoms with van der Waals surface area (Å²) < 4.78 is 4.60. The largest absolute Gasteiger partial charge is 0.469 e. The number of hydrogen-bond acceptors (Lipinski definition) is 3. The Hall–Kier alpha value is -1.09. The Balaban J connectivity index is 2.83. The highest BCUT2D eigenvalue weighted by Gasteiger charge is 2.15. The molecular formula is C9H10ClNO2. The summed E-state index contributed by atoms with van der Waals surface area (Å²) in [6.45, 7) is 1.76. The van der Waals surface area contributed by atoms with Gasteiger partial charge in [0, 0.05) is 6.20 Å². The second kappa shape index (κ2) is 4.23. The minimum Gasteiger partial charge on any atom is -0.469 e. The lowest BCUT2D eigenvalue weighted by Gasteiger charge is -2.08. The summed E-state index contributed by atoms with van der Waals surface area (Å²) in [7, 11) is 1.36. The fourth-order valence-corrected chi connectivity index (χ4v) is 1.07. The van der Waals surface area contributed by atoms with Gasteiger partial charge in [0.15, 0.2) is 0 Å². The van der Waals surface area contributed by atoms with E-state index in [0.717, 1.165) is 5.56 Å². The van der Waals surface area contributed by atoms with Crippen LogP contribution >= 0.6 is 11.6 Å². The minimum absolute atomic E-state index is 0.274. The Morgan fingerprint density at radius 2 is 2.31 bits per heavy atom. The molecule has 13 heavy (non-hydrogen) atoms. The lowest BCUT2D eigenvalue weighted by atomic mass is 10.0. The van der Waals surface area contributed by atoms with Crippen molar-refractivity contribution >= 4 is 17.6 Å². The third-order valence-electron chi connectivity index (χ3n) is 1.81. The van der Waals surface area contributed by atoms with Crippen molar-refractivity contribution in [2.45, 2.75) is 12.8 Å². The third-order valence-corrected chi connectivity index (χ3v) is 2.03. The molecule has 0 aliphatic rings. The molecule has 1 aromatic rings. The van der Waals surface area contributed by atoms with Gasteiger partial charge in [-0.3, -0.25) is 4.79 Å². The van der Waals surface area contributed by atoms with Crippen molar-refractivity contribution in [3.8, 4) is 0 Å². The van der Waals surface area contributed by atoms with Crippen molar-refractivity contribution in [3.05, 3.63) is 29.0 Å². The summed E-state index contributed by atoms with van der Waals surface area (Å²) in [6.07, 6.45) is 1.57. The van der Waals surface area contributed by atoms with Gasteiger partial charge in [0.2, 0.25) is 0 Å². The number of nitrogens with zero attached hydrogens (tertiary/aromatic N) is 1. The van der Waals surface area contributed by atoms with Gasteiger partial charge in [0.25, 0.3) is 0 Å². The summed E-state index contributed by atoms with van der Waals surface area (Å²) in [4.78, 5) is 15.0. The van der Waals surface area contributed by atoms with Crippen LogP contribution < -0.4 is 0 Å². The quantitative estimate of drug-likeness (QED) is 0.540. The smallest absolute Gasteiger partial charge is 0.312 e. The molecule has 0 saturated heterocycles. The van der Waals surface area contributed by atoms with Gasteiger partial charge in [-0.2, -0.15) is 0 Å². The molecule has 0 bridgehead atoms. The monoisotopic (exact) mass is 199 g/mol. The van der Waals surface area contributed by atoms with Crippen molar-refractivity contribution in [1.29, 1.82) is 0 Å². The van der Waals surface area contributed by atoms with E-state index in [4.69, 9.17) is 11.6 Å². The first-order valence-electron chi connectivity index (χ1n) is 3.84. The molecule has 0 fully saturated rings. The fourth-order valence-electron chi connectivity index (χ4n) is 0.956. The molecule has 0 saturated carbocycles. The van der Waals surface area contributed by atoms with Crippen LogP contribution in [-0.2, 0) is 9.53 Å². The molecule has 0 radical (unpaired) electrons. The predicted octanol–water partition coefficient (Wildman–Crippen LogP) is 2.01. The van der Waals surface area contributed by atoms with Crippen LogP contribution in [0.1, 0.15) is 18.4 Å². The van der Waals surface area contributed by atoms with E-state index in [1.165, 1.54) is 7.11 Å². The summed E-state index contributed by atoms with van der Waals surface area (Å²) in [5.41, 5.74) is 0.802. The van der Waals surface area contributed by atoms with Gasteiger partial charge in [0.1, 0.15) is 5.15 Å². The van der Waals surface area contributed by atoms with Gasteiger partial charge in [-0.25, -0.2) is 4.98 Å². The molecule has 0 aliphatic heterocycles. The van der Waals surface area contributed by atoms with Crippen molar-refractivity contribution in [1.82, 2.24) is 4.98 Å². The van der Waals surface area contributed by atoms with Gasteiger partial charge in [0.05, 0.1) is 13.0 Å². The third kappa shape index (κ3) is 2.42. The van der Waals surface area contributed by atoms with E-state index in [0.29, 0.717) is 5.15 Å². The topological polar surface area (TPSA) is 39.2 Å². The molecule has 0 unspecified atom stereocenters. The molecule has 0 N–H and O–H groups in total. The first-order valence-corrected chi connectivity index (χ1v) is 4.22. The van der Waals surface area contributed by atoms with Crippen molar-refractivity contribution < 1.29 is 9.53 Å². The standard InChI is InChI=1S/C9H10ClNO2/c1-6(9(12)13-2)7-3-4-8(10)11-5-7/h3-6H,1-2H3/t6-/m1/s1. The van der Waals surface area contributed by atoms with E-state index < -0.39 is 0 Å². The average molecular weight is 200 g/mol. The number of rotatable bonds is 2. The van der Waals surface area contributed by atoms with Crippen LogP contribution in [0, 0.1) is 0 Å². The first kappa shape index (κ1) is 9.99. The van der Waals surface area contributed by atoms with Gasteiger partial charge in [-0.1, -0.05) is 17.7 Å². The zero-order chi connectivity index (χ0) is 9.84. The van der Waals surface area contributed by atoms with Crippen LogP contribution in [-0.4, -0.2) is 18.1 Å². The zero-order valence-electron chi connectivity index (χ0n) is 7.45. The summed E-state index contributed by atoms with van der Waals surface area (Å²) in [5.74, 6) is -0.570. The van der Waals surface area contributed by atoms with Crippen LogP contribution in [0.4, 0.5) is 0 Å². The maximum atomic E-state index is 11.1. The SMILES string of the molecule is COC(=O)[C@H](C)c1ccc(Cl)nc1. The lowest BCUT2D eigenvalue weighted by Crippen LogP contribution is -2.10. The number of pyridine rings is 1. The number of esters is 1. The molecule has 1 aromatic heterocycles. The van der Waals surface area contributed by atoms with E-state index >= 15 is 0 Å². The maximum absolute atomic E-state index is 11.1. The predicted molar refractivity (Wildman–Crippen MR) is 49.7 cm³/mol. The van der Waals surface area contributed by atoms with Crippen LogP contribution in [0.25, 0.3) is 0 Å². The zero-order valence-corrected chi connectivity index (χ0v) is 8.21. The van der Waals surface area contributed by atoms with Crippen LogP contribution in [0.15, 0.2) is 18.3 Å². The molecule has 0 spiro atoms. The summed E-state index contributed by atoms with van der Waals surface area (Å²) >= 11 is 5.60. The number of carbonyl (C=O) groups is 1. The van der Waals surface area contributed by atoms with Gasteiger partial charge in [-0.15, -0.1) is 0 Å². The Morgan fingerprint density at radius 3 is 2.77 bits per heavy atom. The molecule has 1 rings (SSSR count). The Bertz CT molecular complexity index is 297. The Morgan fingerprint density at radius 1 is 1.62 bits per heavy atom. The van der Waals surface area contributed by atoms with Gasteiger partial charge in [-0.05, 0) is 18.6 Å². The molecule has 1 atom stereocenters. The minimum atomic E-state index is -0.297. The number of halogens is 1. The van der Waals surface area contributed by atoms with Gasteiger partial charge >= 0.3 is 5.97 Å². The van der Waals surface area contributed by atoms with Crippen molar-refractivity contribution in [2.75, 3.05) is 7.11 Å². The average Bonchev–Trinajstić information content (AvgIpc) is 2.17. The fraction of sp³-hybridized carbons (Fsp3) is 0.333. The molecule has 70 valence electrons. The maximum Gasteiger partial charge on any atom is 0.312 e. The molecule has 4 heteroatoms. The molecule has 0 aromatic carbocycles. The lowest BCUT2D eigenvalue weighted by molar-refractivity contribution is -0.141. The Kier molecular flexibility index (Phi) is 3.25. The first-order chi connectivity index (χ1) is 6.15. The van der Waals surface area contributed by atoms with E-state index in [9.17, 15) is 4.79 Å². The molecule has 0 aliphatic carbocycles. The molecule has 1 heterocycles. The molecular weight excluding hydrogens is 190 g/mol. The Labute approximate surface area is 81.7 Å². The van der Waals surface area contributed by atoms with Crippen molar-refractivity contribution in [2.24, 2.45) is 0 Å².